The van der Waals surface area contributed by atoms with Crippen LogP contribution in [0.25, 0.3) is 0 Å². The summed E-state index contributed by atoms with van der Waals surface area (Å²) in [7, 11) is 0. The van der Waals surface area contributed by atoms with E-state index in [-0.39, 0.29) is 24.3 Å². The van der Waals surface area contributed by atoms with Gasteiger partial charge in [-0.3, -0.25) is 9.59 Å². The monoisotopic (exact) mass is 267 g/mol. The lowest BCUT2D eigenvalue weighted by atomic mass is 9.95. The van der Waals surface area contributed by atoms with Gasteiger partial charge in [0, 0.05) is 25.7 Å². The third kappa shape index (κ3) is 4.20. The van der Waals surface area contributed by atoms with Gasteiger partial charge in [0.1, 0.15) is 0 Å². The van der Waals surface area contributed by atoms with Crippen molar-refractivity contribution >= 4 is 11.8 Å². The highest BCUT2D eigenvalue weighted by atomic mass is 16.2. The van der Waals surface area contributed by atoms with Crippen LogP contribution < -0.4 is 10.6 Å². The Kier molecular flexibility index (Phi) is 5.19. The van der Waals surface area contributed by atoms with E-state index in [0.717, 1.165) is 45.3 Å². The van der Waals surface area contributed by atoms with Crippen LogP contribution in [0.3, 0.4) is 0 Å². The van der Waals surface area contributed by atoms with E-state index >= 15 is 0 Å². The number of carbonyl (C=O) groups excluding carboxylic acids is 2. The predicted octanol–water partition coefficient (Wildman–Crippen LogP) is 0.503. The molecule has 108 valence electrons. The number of hydrogen-bond donors (Lipinski definition) is 2. The first kappa shape index (κ1) is 14.3. The zero-order valence-electron chi connectivity index (χ0n) is 11.8. The van der Waals surface area contributed by atoms with Gasteiger partial charge < -0.3 is 15.5 Å². The highest BCUT2D eigenvalue weighted by molar-refractivity contribution is 5.86. The summed E-state index contributed by atoms with van der Waals surface area (Å²) in [5.41, 5.74) is 0. The normalized spacial score (nSPS) is 27.9. The minimum atomic E-state index is 0.0183. The van der Waals surface area contributed by atoms with Crippen molar-refractivity contribution in [3.8, 4) is 0 Å². The van der Waals surface area contributed by atoms with E-state index in [0.29, 0.717) is 6.04 Å². The molecule has 2 amide bonds. The zero-order chi connectivity index (χ0) is 13.7. The van der Waals surface area contributed by atoms with Crippen molar-refractivity contribution in [2.75, 3.05) is 26.2 Å². The van der Waals surface area contributed by atoms with E-state index in [1.807, 2.05) is 4.90 Å². The average Bonchev–Trinajstić information content (AvgIpc) is 2.46. The molecule has 2 heterocycles. The summed E-state index contributed by atoms with van der Waals surface area (Å²) in [5.74, 6) is 0.0975. The Labute approximate surface area is 115 Å². The van der Waals surface area contributed by atoms with Crippen molar-refractivity contribution in [1.29, 1.82) is 0 Å². The Balaban J connectivity index is 1.69. The summed E-state index contributed by atoms with van der Waals surface area (Å²) in [4.78, 5) is 25.8. The van der Waals surface area contributed by atoms with Crippen molar-refractivity contribution in [2.24, 2.45) is 5.92 Å². The van der Waals surface area contributed by atoms with Gasteiger partial charge in [-0.1, -0.05) is 0 Å². The molecule has 2 saturated heterocycles. The molecule has 2 N–H and O–H groups in total. The predicted molar refractivity (Wildman–Crippen MR) is 73.6 cm³/mol. The molecule has 2 unspecified atom stereocenters. The Hall–Kier alpha value is -1.10. The third-order valence-electron chi connectivity index (χ3n) is 4.15. The standard InChI is InChI=1S/C14H25N3O2/c1-11-5-6-12(9-15-11)14(19)16-10-13(18)17-7-3-2-4-8-17/h11-12,15H,2-10H2,1H3,(H,16,19). The molecule has 0 spiro atoms. The lowest BCUT2D eigenvalue weighted by molar-refractivity contribution is -0.134. The van der Waals surface area contributed by atoms with Crippen molar-refractivity contribution in [3.63, 3.8) is 0 Å². The fourth-order valence-corrected chi connectivity index (χ4v) is 2.78. The maximum atomic E-state index is 12.0. The maximum Gasteiger partial charge on any atom is 0.241 e. The van der Waals surface area contributed by atoms with Gasteiger partial charge in [-0.2, -0.15) is 0 Å². The molecular weight excluding hydrogens is 242 g/mol. The summed E-state index contributed by atoms with van der Waals surface area (Å²) < 4.78 is 0. The molecule has 5 heteroatoms. The first-order valence-electron chi connectivity index (χ1n) is 7.45. The van der Waals surface area contributed by atoms with E-state index in [4.69, 9.17) is 0 Å². The van der Waals surface area contributed by atoms with Crippen LogP contribution in [0.2, 0.25) is 0 Å². The van der Waals surface area contributed by atoms with Crippen molar-refractivity contribution in [2.45, 2.75) is 45.1 Å². The van der Waals surface area contributed by atoms with Crippen molar-refractivity contribution < 1.29 is 9.59 Å². The molecule has 2 atom stereocenters. The zero-order valence-corrected chi connectivity index (χ0v) is 11.8. The minimum Gasteiger partial charge on any atom is -0.347 e. The molecule has 19 heavy (non-hydrogen) atoms. The van der Waals surface area contributed by atoms with Gasteiger partial charge in [-0.05, 0) is 39.0 Å². The largest absolute Gasteiger partial charge is 0.347 e. The van der Waals surface area contributed by atoms with Crippen LogP contribution in [-0.4, -0.2) is 48.9 Å². The molecule has 2 rings (SSSR count). The molecule has 2 fully saturated rings. The van der Waals surface area contributed by atoms with E-state index in [1.54, 1.807) is 0 Å². The highest BCUT2D eigenvalue weighted by Gasteiger charge is 2.24. The van der Waals surface area contributed by atoms with Crippen molar-refractivity contribution in [3.05, 3.63) is 0 Å². The number of nitrogens with one attached hydrogen (secondary N) is 2. The van der Waals surface area contributed by atoms with Gasteiger partial charge in [0.25, 0.3) is 0 Å². The SMILES string of the molecule is CC1CCC(C(=O)NCC(=O)N2CCCCC2)CN1. The summed E-state index contributed by atoms with van der Waals surface area (Å²) in [6.45, 7) is 4.71. The molecule has 0 aromatic heterocycles. The van der Waals surface area contributed by atoms with E-state index in [1.165, 1.54) is 6.42 Å². The molecule has 0 bridgehead atoms. The van der Waals surface area contributed by atoms with Gasteiger partial charge in [0.2, 0.25) is 11.8 Å². The van der Waals surface area contributed by atoms with Gasteiger partial charge in [0.15, 0.2) is 0 Å². The summed E-state index contributed by atoms with van der Waals surface area (Å²) in [6.07, 6.45) is 5.33. The number of carbonyl (C=O) groups is 2. The van der Waals surface area contributed by atoms with Crippen LogP contribution >= 0.6 is 0 Å². The fourth-order valence-electron chi connectivity index (χ4n) is 2.78. The van der Waals surface area contributed by atoms with Gasteiger partial charge in [0.05, 0.1) is 12.5 Å². The summed E-state index contributed by atoms with van der Waals surface area (Å²) >= 11 is 0. The average molecular weight is 267 g/mol. The fraction of sp³-hybridized carbons (Fsp3) is 0.857. The molecule has 0 aromatic carbocycles. The summed E-state index contributed by atoms with van der Waals surface area (Å²) in [6, 6.07) is 0.499. The second-order valence-electron chi connectivity index (χ2n) is 5.74. The second-order valence-corrected chi connectivity index (χ2v) is 5.74. The van der Waals surface area contributed by atoms with Crippen LogP contribution in [0.1, 0.15) is 39.0 Å². The number of hydrogen-bond acceptors (Lipinski definition) is 3. The van der Waals surface area contributed by atoms with Crippen LogP contribution in [0, 0.1) is 5.92 Å². The first-order chi connectivity index (χ1) is 9.16. The summed E-state index contributed by atoms with van der Waals surface area (Å²) in [5, 5.41) is 6.10. The smallest absolute Gasteiger partial charge is 0.241 e. The Morgan fingerprint density at radius 3 is 2.58 bits per heavy atom. The Morgan fingerprint density at radius 2 is 1.95 bits per heavy atom. The topological polar surface area (TPSA) is 61.4 Å². The van der Waals surface area contributed by atoms with Crippen molar-refractivity contribution in [1.82, 2.24) is 15.5 Å². The number of amides is 2. The molecule has 2 aliphatic rings. The maximum absolute atomic E-state index is 12.0. The van der Waals surface area contributed by atoms with Crippen LogP contribution in [-0.2, 0) is 9.59 Å². The number of nitrogens with zero attached hydrogens (tertiary/aromatic N) is 1. The van der Waals surface area contributed by atoms with Gasteiger partial charge in [-0.15, -0.1) is 0 Å². The minimum absolute atomic E-state index is 0.0183. The second kappa shape index (κ2) is 6.89. The first-order valence-corrected chi connectivity index (χ1v) is 7.45. The van der Waals surface area contributed by atoms with E-state index in [9.17, 15) is 9.59 Å². The molecule has 0 aliphatic carbocycles. The molecule has 5 nitrogen and oxygen atoms in total. The Bertz CT molecular complexity index is 319. The molecule has 0 aromatic rings. The Morgan fingerprint density at radius 1 is 1.21 bits per heavy atom. The van der Waals surface area contributed by atoms with Crippen LogP contribution in [0.4, 0.5) is 0 Å². The number of piperidine rings is 2. The van der Waals surface area contributed by atoms with Gasteiger partial charge >= 0.3 is 0 Å². The lowest BCUT2D eigenvalue weighted by Gasteiger charge is -2.28. The van der Waals surface area contributed by atoms with Gasteiger partial charge in [-0.25, -0.2) is 0 Å². The molecule has 0 radical (unpaired) electrons. The van der Waals surface area contributed by atoms with Crippen LogP contribution in [0.5, 0.6) is 0 Å². The van der Waals surface area contributed by atoms with Crippen LogP contribution in [0.15, 0.2) is 0 Å². The van der Waals surface area contributed by atoms with E-state index in [2.05, 4.69) is 17.6 Å². The number of likely N-dealkylation sites (tertiary alicyclic amines) is 1. The lowest BCUT2D eigenvalue weighted by Crippen LogP contribution is -2.47. The molecular formula is C14H25N3O2. The highest BCUT2D eigenvalue weighted by Crippen LogP contribution is 2.14. The quantitative estimate of drug-likeness (QED) is 0.783. The third-order valence-corrected chi connectivity index (χ3v) is 4.15. The number of rotatable bonds is 3. The molecule has 0 saturated carbocycles. The molecule has 2 aliphatic heterocycles. The van der Waals surface area contributed by atoms with E-state index < -0.39 is 0 Å².